The van der Waals surface area contributed by atoms with Gasteiger partial charge in [0.25, 0.3) is 15.8 Å². The Morgan fingerprint density at radius 2 is 1.57 bits per heavy atom. The first-order valence-electron chi connectivity index (χ1n) is 5.95. The molecule has 0 amide bonds. The number of rotatable bonds is 2. The van der Waals surface area contributed by atoms with Crippen LogP contribution < -0.4 is 0 Å². The molecule has 0 spiro atoms. The lowest BCUT2D eigenvalue weighted by Gasteiger charge is -2.06. The first kappa shape index (κ1) is 13.5. The van der Waals surface area contributed by atoms with Crippen molar-refractivity contribution in [3.63, 3.8) is 0 Å². The lowest BCUT2D eigenvalue weighted by atomic mass is 10.0. The van der Waals surface area contributed by atoms with Crippen molar-refractivity contribution in [3.8, 4) is 0 Å². The summed E-state index contributed by atoms with van der Waals surface area (Å²) in [6.45, 7) is 0. The van der Waals surface area contributed by atoms with Crippen molar-refractivity contribution in [2.75, 3.05) is 0 Å². The molecule has 0 aliphatic heterocycles. The first-order valence-corrected chi connectivity index (χ1v) is 7.39. The fraction of sp³-hybridized carbons (Fsp3) is 0. The zero-order chi connectivity index (χ0) is 15.2. The van der Waals surface area contributed by atoms with E-state index in [0.717, 1.165) is 16.8 Å². The molecule has 0 aliphatic rings. The Balaban J connectivity index is 2.52. The molecule has 3 rings (SSSR count). The molecule has 7 heteroatoms. The predicted octanol–water partition coefficient (Wildman–Crippen LogP) is 3.15. The van der Waals surface area contributed by atoms with Crippen molar-refractivity contribution >= 4 is 37.4 Å². The van der Waals surface area contributed by atoms with Crippen LogP contribution in [0, 0.1) is 10.1 Å². The molecule has 0 atom stereocenters. The second kappa shape index (κ2) is 4.51. The molecule has 1 N–H and O–H groups in total. The van der Waals surface area contributed by atoms with Crippen molar-refractivity contribution in [1.29, 1.82) is 0 Å². The van der Waals surface area contributed by atoms with E-state index < -0.39 is 19.9 Å². The van der Waals surface area contributed by atoms with Gasteiger partial charge in [0.05, 0.1) is 4.92 Å². The highest BCUT2D eigenvalue weighted by Crippen LogP contribution is 2.31. The molecule has 0 bridgehead atoms. The zero-order valence-corrected chi connectivity index (χ0v) is 11.4. The molecular weight excluding hydrogens is 294 g/mol. The molecule has 0 aromatic heterocycles. The Kier molecular flexibility index (Phi) is 2.89. The Bertz CT molecular complexity index is 995. The van der Waals surface area contributed by atoms with Crippen LogP contribution in [-0.4, -0.2) is 17.9 Å². The Morgan fingerprint density at radius 1 is 0.952 bits per heavy atom. The van der Waals surface area contributed by atoms with Gasteiger partial charge in [0, 0.05) is 17.5 Å². The van der Waals surface area contributed by atoms with Gasteiger partial charge >= 0.3 is 0 Å². The molecular formula is C14H9NO5S. The molecule has 3 aromatic rings. The number of nitro groups is 1. The second-order valence-electron chi connectivity index (χ2n) is 4.60. The Labute approximate surface area is 119 Å². The maximum atomic E-state index is 11.5. The molecule has 0 unspecified atom stereocenters. The molecule has 6 nitrogen and oxygen atoms in total. The summed E-state index contributed by atoms with van der Waals surface area (Å²) in [6, 6.07) is 12.6. The van der Waals surface area contributed by atoms with E-state index in [1.807, 2.05) is 12.1 Å². The van der Waals surface area contributed by atoms with Crippen LogP contribution in [0.15, 0.2) is 53.4 Å². The van der Waals surface area contributed by atoms with Gasteiger partial charge < -0.3 is 0 Å². The van der Waals surface area contributed by atoms with Gasteiger partial charge in [-0.1, -0.05) is 24.3 Å². The standard InChI is InChI=1S/C14H9NO5S/c16-15(17)12-6-11-5-9-3-1-2-4-10(9)7-13(11)14(8-12)21(18,19)20/h1-8H,(H,18,19,20). The highest BCUT2D eigenvalue weighted by molar-refractivity contribution is 7.86. The van der Waals surface area contributed by atoms with E-state index in [0.29, 0.717) is 5.39 Å². The third kappa shape index (κ3) is 2.32. The summed E-state index contributed by atoms with van der Waals surface area (Å²) in [5.74, 6) is 0. The number of nitro benzene ring substituents is 1. The largest absolute Gasteiger partial charge is 0.295 e. The van der Waals surface area contributed by atoms with E-state index in [1.165, 1.54) is 6.07 Å². The van der Waals surface area contributed by atoms with Crippen LogP contribution in [0.1, 0.15) is 0 Å². The summed E-state index contributed by atoms with van der Waals surface area (Å²) in [4.78, 5) is 9.76. The van der Waals surface area contributed by atoms with E-state index in [9.17, 15) is 23.1 Å². The average molecular weight is 303 g/mol. The first-order chi connectivity index (χ1) is 9.86. The van der Waals surface area contributed by atoms with Gasteiger partial charge in [-0.25, -0.2) is 0 Å². The van der Waals surface area contributed by atoms with Crippen molar-refractivity contribution < 1.29 is 17.9 Å². The third-order valence-corrected chi connectivity index (χ3v) is 4.15. The molecule has 106 valence electrons. The van der Waals surface area contributed by atoms with Gasteiger partial charge in [-0.05, 0) is 28.3 Å². The number of hydrogen-bond acceptors (Lipinski definition) is 4. The van der Waals surface area contributed by atoms with Crippen LogP contribution in [0.25, 0.3) is 21.5 Å². The maximum Gasteiger partial charge on any atom is 0.295 e. The fourth-order valence-electron chi connectivity index (χ4n) is 2.32. The lowest BCUT2D eigenvalue weighted by Crippen LogP contribution is -2.01. The quantitative estimate of drug-likeness (QED) is 0.339. The minimum atomic E-state index is -4.56. The summed E-state index contributed by atoms with van der Waals surface area (Å²) < 4.78 is 32.3. The molecule has 3 aromatic carbocycles. The smallest absolute Gasteiger partial charge is 0.282 e. The Morgan fingerprint density at radius 3 is 2.14 bits per heavy atom. The van der Waals surface area contributed by atoms with Crippen molar-refractivity contribution in [2.45, 2.75) is 4.90 Å². The molecule has 0 heterocycles. The summed E-state index contributed by atoms with van der Waals surface area (Å²) in [7, 11) is -4.56. The highest BCUT2D eigenvalue weighted by Gasteiger charge is 2.20. The second-order valence-corrected chi connectivity index (χ2v) is 5.99. The third-order valence-electron chi connectivity index (χ3n) is 3.25. The lowest BCUT2D eigenvalue weighted by molar-refractivity contribution is -0.384. The molecule has 0 fully saturated rings. The van der Waals surface area contributed by atoms with Gasteiger partial charge in [0.2, 0.25) is 0 Å². The summed E-state index contributed by atoms with van der Waals surface area (Å²) in [5, 5.41) is 13.2. The van der Waals surface area contributed by atoms with Gasteiger partial charge in [-0.3, -0.25) is 14.7 Å². The van der Waals surface area contributed by atoms with E-state index in [1.54, 1.807) is 24.3 Å². The topological polar surface area (TPSA) is 97.5 Å². The van der Waals surface area contributed by atoms with E-state index in [-0.39, 0.29) is 11.1 Å². The van der Waals surface area contributed by atoms with Gasteiger partial charge in [-0.2, -0.15) is 8.42 Å². The minimum Gasteiger partial charge on any atom is -0.282 e. The summed E-state index contributed by atoms with van der Waals surface area (Å²) in [6.07, 6.45) is 0. The van der Waals surface area contributed by atoms with Crippen LogP contribution in [0.3, 0.4) is 0 Å². The molecule has 0 aliphatic carbocycles. The predicted molar refractivity (Wildman–Crippen MR) is 77.9 cm³/mol. The normalized spacial score (nSPS) is 11.9. The average Bonchev–Trinajstić information content (AvgIpc) is 2.42. The molecule has 0 radical (unpaired) electrons. The Hall–Kier alpha value is -2.51. The number of non-ortho nitro benzene ring substituents is 1. The highest BCUT2D eigenvalue weighted by atomic mass is 32.2. The summed E-state index contributed by atoms with van der Waals surface area (Å²) >= 11 is 0. The maximum absolute atomic E-state index is 11.5. The van der Waals surface area contributed by atoms with Crippen LogP contribution in [-0.2, 0) is 10.1 Å². The van der Waals surface area contributed by atoms with E-state index in [4.69, 9.17) is 0 Å². The van der Waals surface area contributed by atoms with E-state index in [2.05, 4.69) is 0 Å². The number of benzene rings is 3. The van der Waals surface area contributed by atoms with Gasteiger partial charge in [0.15, 0.2) is 0 Å². The van der Waals surface area contributed by atoms with Crippen molar-refractivity contribution in [3.05, 3.63) is 58.6 Å². The van der Waals surface area contributed by atoms with E-state index >= 15 is 0 Å². The number of fused-ring (bicyclic) bond motifs is 2. The SMILES string of the molecule is O=[N+]([O-])c1cc(S(=O)(=O)O)c2cc3ccccc3cc2c1. The van der Waals surface area contributed by atoms with Crippen molar-refractivity contribution in [1.82, 2.24) is 0 Å². The van der Waals surface area contributed by atoms with Gasteiger partial charge in [-0.15, -0.1) is 0 Å². The van der Waals surface area contributed by atoms with Crippen LogP contribution in [0.4, 0.5) is 5.69 Å². The molecule has 21 heavy (non-hydrogen) atoms. The number of nitrogens with zero attached hydrogens (tertiary/aromatic N) is 1. The molecule has 0 saturated carbocycles. The van der Waals surface area contributed by atoms with Crippen LogP contribution in [0.2, 0.25) is 0 Å². The monoisotopic (exact) mass is 303 g/mol. The summed E-state index contributed by atoms with van der Waals surface area (Å²) in [5.41, 5.74) is -0.384. The fourth-order valence-corrected chi connectivity index (χ4v) is 3.05. The zero-order valence-electron chi connectivity index (χ0n) is 10.6. The van der Waals surface area contributed by atoms with Gasteiger partial charge in [0.1, 0.15) is 4.90 Å². The molecule has 0 saturated heterocycles. The number of hydrogen-bond donors (Lipinski definition) is 1. The van der Waals surface area contributed by atoms with Crippen LogP contribution >= 0.6 is 0 Å². The van der Waals surface area contributed by atoms with Crippen LogP contribution in [0.5, 0.6) is 0 Å². The van der Waals surface area contributed by atoms with Crippen molar-refractivity contribution in [2.24, 2.45) is 0 Å². The minimum absolute atomic E-state index is 0.252.